The number of rotatable bonds is 2. The van der Waals surface area contributed by atoms with Crippen LogP contribution >= 0.6 is 0 Å². The maximum absolute atomic E-state index is 12.6. The van der Waals surface area contributed by atoms with Gasteiger partial charge in [0.25, 0.3) is 5.91 Å². The maximum atomic E-state index is 12.6. The fraction of sp³-hybridized carbons (Fsp3) is 0.600. The molecule has 2 aromatic rings. The smallest absolute Gasteiger partial charge is 0.261 e. The molecule has 1 atom stereocenters. The van der Waals surface area contributed by atoms with E-state index in [4.69, 9.17) is 0 Å². The Balaban J connectivity index is 1.85. The summed E-state index contributed by atoms with van der Waals surface area (Å²) >= 11 is 0. The summed E-state index contributed by atoms with van der Waals surface area (Å²) in [7, 11) is 0. The highest BCUT2D eigenvalue weighted by atomic mass is 16.1. The minimum Gasteiger partial charge on any atom is -0.290 e. The van der Waals surface area contributed by atoms with E-state index in [0.29, 0.717) is 17.4 Å². The zero-order valence-electron chi connectivity index (χ0n) is 13.5. The lowest BCUT2D eigenvalue weighted by atomic mass is 9.96. The number of hydrogen-bond acceptors (Lipinski definition) is 4. The highest BCUT2D eigenvalue weighted by Crippen LogP contribution is 2.23. The van der Waals surface area contributed by atoms with Crippen molar-refractivity contribution in [3.8, 4) is 0 Å². The summed E-state index contributed by atoms with van der Waals surface area (Å²) in [6, 6.07) is 0. The zero-order chi connectivity index (χ0) is 15.9. The first-order valence-corrected chi connectivity index (χ1v) is 7.63. The molecule has 1 unspecified atom stereocenters. The molecule has 1 aliphatic heterocycles. The molecular formula is C15H22N6O. The summed E-state index contributed by atoms with van der Waals surface area (Å²) in [6.07, 6.45) is 5.10. The Morgan fingerprint density at radius 1 is 1.36 bits per heavy atom. The van der Waals surface area contributed by atoms with Crippen molar-refractivity contribution in [1.29, 1.82) is 0 Å². The molecular weight excluding hydrogens is 280 g/mol. The van der Waals surface area contributed by atoms with Crippen LogP contribution in [0.1, 0.15) is 50.2 Å². The van der Waals surface area contributed by atoms with E-state index in [2.05, 4.69) is 27.4 Å². The lowest BCUT2D eigenvalue weighted by Crippen LogP contribution is -2.27. The van der Waals surface area contributed by atoms with E-state index in [1.807, 2.05) is 25.5 Å². The highest BCUT2D eigenvalue weighted by molar-refractivity contribution is 6.04. The molecule has 0 saturated heterocycles. The molecule has 2 aromatic heterocycles. The van der Waals surface area contributed by atoms with Crippen LogP contribution in [0.2, 0.25) is 0 Å². The average Bonchev–Trinajstić information content (AvgIpc) is 3.03. The molecule has 3 heterocycles. The standard InChI is InChI=1S/C15H22N6O/c1-10-5-6-20-12(7-10)11(8-17-20)13(22)19-14-16-9-18-21(14)15(2,3)4/h8-10H,5-7H2,1-4H3,(H,16,18,19,22). The van der Waals surface area contributed by atoms with Crippen LogP contribution in [0.4, 0.5) is 5.95 Å². The third-order valence-corrected chi connectivity index (χ3v) is 3.98. The van der Waals surface area contributed by atoms with Gasteiger partial charge in [0.15, 0.2) is 0 Å². The van der Waals surface area contributed by atoms with Crippen LogP contribution in [0.25, 0.3) is 0 Å². The fourth-order valence-corrected chi connectivity index (χ4v) is 2.77. The Morgan fingerprint density at radius 2 is 2.14 bits per heavy atom. The molecule has 0 fully saturated rings. The number of nitrogens with one attached hydrogen (secondary N) is 1. The van der Waals surface area contributed by atoms with Gasteiger partial charge in [0.2, 0.25) is 5.95 Å². The Kier molecular flexibility index (Phi) is 3.50. The molecule has 0 radical (unpaired) electrons. The number of anilines is 1. The second-order valence-electron chi connectivity index (χ2n) is 6.95. The van der Waals surface area contributed by atoms with Crippen molar-refractivity contribution in [2.45, 2.75) is 52.6 Å². The number of hydrogen-bond donors (Lipinski definition) is 1. The van der Waals surface area contributed by atoms with Crippen LogP contribution in [-0.4, -0.2) is 30.5 Å². The normalized spacial score (nSPS) is 18.1. The molecule has 1 aliphatic rings. The fourth-order valence-electron chi connectivity index (χ4n) is 2.77. The minimum absolute atomic E-state index is 0.172. The lowest BCUT2D eigenvalue weighted by Gasteiger charge is -2.22. The number of aromatic nitrogens is 5. The number of carbonyl (C=O) groups excluding carboxylic acids is 1. The van der Waals surface area contributed by atoms with Crippen LogP contribution in [0.5, 0.6) is 0 Å². The van der Waals surface area contributed by atoms with Gasteiger partial charge in [-0.1, -0.05) is 6.92 Å². The van der Waals surface area contributed by atoms with E-state index < -0.39 is 0 Å². The molecule has 0 saturated carbocycles. The van der Waals surface area contributed by atoms with Gasteiger partial charge in [-0.15, -0.1) is 0 Å². The lowest BCUT2D eigenvalue weighted by molar-refractivity contribution is 0.102. The Morgan fingerprint density at radius 3 is 2.86 bits per heavy atom. The van der Waals surface area contributed by atoms with Crippen molar-refractivity contribution in [3.05, 3.63) is 23.8 Å². The molecule has 7 nitrogen and oxygen atoms in total. The Bertz CT molecular complexity index is 693. The number of nitrogens with zero attached hydrogens (tertiary/aromatic N) is 5. The van der Waals surface area contributed by atoms with Crippen molar-refractivity contribution < 1.29 is 4.79 Å². The molecule has 0 bridgehead atoms. The summed E-state index contributed by atoms with van der Waals surface area (Å²) in [4.78, 5) is 16.7. The van der Waals surface area contributed by atoms with Gasteiger partial charge < -0.3 is 0 Å². The molecule has 0 aromatic carbocycles. The molecule has 3 rings (SSSR count). The Hall–Kier alpha value is -2.18. The molecule has 0 spiro atoms. The first-order valence-electron chi connectivity index (χ1n) is 7.63. The predicted octanol–water partition coefficient (Wildman–Crippen LogP) is 2.06. The number of amides is 1. The molecule has 0 aliphatic carbocycles. The molecule has 7 heteroatoms. The zero-order valence-corrected chi connectivity index (χ0v) is 13.5. The van der Waals surface area contributed by atoms with Gasteiger partial charge in [0.05, 0.1) is 23.0 Å². The second kappa shape index (κ2) is 5.23. The maximum Gasteiger partial charge on any atom is 0.261 e. The van der Waals surface area contributed by atoms with E-state index in [1.54, 1.807) is 10.9 Å². The SMILES string of the molecule is CC1CCn2ncc(C(=O)Nc3ncnn3C(C)(C)C)c2C1. The van der Waals surface area contributed by atoms with Gasteiger partial charge in [-0.05, 0) is 39.5 Å². The topological polar surface area (TPSA) is 77.6 Å². The quantitative estimate of drug-likeness (QED) is 0.921. The van der Waals surface area contributed by atoms with Crippen LogP contribution < -0.4 is 5.32 Å². The summed E-state index contributed by atoms with van der Waals surface area (Å²) in [5.41, 5.74) is 1.40. The minimum atomic E-state index is -0.244. The summed E-state index contributed by atoms with van der Waals surface area (Å²) < 4.78 is 3.65. The van der Waals surface area contributed by atoms with Gasteiger partial charge >= 0.3 is 0 Å². The molecule has 1 N–H and O–H groups in total. The molecule has 22 heavy (non-hydrogen) atoms. The van der Waals surface area contributed by atoms with Gasteiger partial charge in [-0.25, -0.2) is 4.68 Å². The summed E-state index contributed by atoms with van der Waals surface area (Å²) in [6.45, 7) is 9.12. The van der Waals surface area contributed by atoms with E-state index in [-0.39, 0.29) is 11.4 Å². The van der Waals surface area contributed by atoms with Crippen LogP contribution in [0.15, 0.2) is 12.5 Å². The molecule has 1 amide bonds. The van der Waals surface area contributed by atoms with E-state index in [1.165, 1.54) is 6.33 Å². The largest absolute Gasteiger partial charge is 0.290 e. The van der Waals surface area contributed by atoms with Gasteiger partial charge in [0, 0.05) is 6.54 Å². The second-order valence-corrected chi connectivity index (χ2v) is 6.95. The number of aryl methyl sites for hydroxylation is 1. The third-order valence-electron chi connectivity index (χ3n) is 3.98. The Labute approximate surface area is 129 Å². The van der Waals surface area contributed by atoms with Crippen molar-refractivity contribution in [2.24, 2.45) is 5.92 Å². The monoisotopic (exact) mass is 302 g/mol. The average molecular weight is 302 g/mol. The van der Waals surface area contributed by atoms with E-state index >= 15 is 0 Å². The van der Waals surface area contributed by atoms with Crippen molar-refractivity contribution in [1.82, 2.24) is 24.5 Å². The van der Waals surface area contributed by atoms with Gasteiger partial charge in [0.1, 0.15) is 6.33 Å². The molecule has 118 valence electrons. The van der Waals surface area contributed by atoms with Gasteiger partial charge in [-0.3, -0.25) is 14.8 Å². The van der Waals surface area contributed by atoms with E-state index in [9.17, 15) is 4.79 Å². The van der Waals surface area contributed by atoms with Crippen LogP contribution in [-0.2, 0) is 18.5 Å². The summed E-state index contributed by atoms with van der Waals surface area (Å²) in [5, 5.41) is 11.4. The van der Waals surface area contributed by atoms with Crippen LogP contribution in [0, 0.1) is 5.92 Å². The third kappa shape index (κ3) is 2.63. The first-order chi connectivity index (χ1) is 10.4. The number of carbonyl (C=O) groups is 1. The van der Waals surface area contributed by atoms with Crippen molar-refractivity contribution in [2.75, 3.05) is 5.32 Å². The highest BCUT2D eigenvalue weighted by Gasteiger charge is 2.25. The van der Waals surface area contributed by atoms with Gasteiger partial charge in [-0.2, -0.15) is 15.2 Å². The summed E-state index contributed by atoms with van der Waals surface area (Å²) in [5.74, 6) is 0.865. The van der Waals surface area contributed by atoms with Crippen LogP contribution in [0.3, 0.4) is 0 Å². The van der Waals surface area contributed by atoms with Crippen molar-refractivity contribution >= 4 is 11.9 Å². The number of fused-ring (bicyclic) bond motifs is 1. The first kappa shape index (κ1) is 14.7. The van der Waals surface area contributed by atoms with E-state index in [0.717, 1.165) is 25.1 Å². The van der Waals surface area contributed by atoms with Crippen molar-refractivity contribution in [3.63, 3.8) is 0 Å². The predicted molar refractivity (Wildman–Crippen MR) is 82.7 cm³/mol.